The molecule has 2 aromatic heterocycles. The summed E-state index contributed by atoms with van der Waals surface area (Å²) in [5.74, 6) is -0.187. The van der Waals surface area contributed by atoms with Crippen LogP contribution in [0.3, 0.4) is 0 Å². The minimum Gasteiger partial charge on any atom is -0.338 e. The highest BCUT2D eigenvalue weighted by atomic mass is 16.2. The molecule has 1 atom stereocenters. The van der Waals surface area contributed by atoms with E-state index in [2.05, 4.69) is 10.3 Å². The molecular formula is C22H29N5O3. The number of pyridine rings is 1. The topological polar surface area (TPSA) is 89.2 Å². The molecule has 8 heteroatoms. The van der Waals surface area contributed by atoms with E-state index in [-0.39, 0.29) is 34.8 Å². The van der Waals surface area contributed by atoms with E-state index in [0.29, 0.717) is 24.5 Å². The first-order valence-corrected chi connectivity index (χ1v) is 10.7. The van der Waals surface area contributed by atoms with Crippen LogP contribution in [0.1, 0.15) is 58.3 Å². The minimum atomic E-state index is -0.292. The molecule has 0 radical (unpaired) electrons. The molecule has 0 aliphatic carbocycles. The maximum Gasteiger partial charge on any atom is 0.263 e. The standard InChI is InChI=1S/C22H29N5O3/c1-15-7-12-27(17-5-8-23-9-6-17)22(30)18(15)21(29)26-11-3-4-16(14-26)19(28)20-24-10-13-25(20)2/h7,10,12-13,16-17,23H,3-6,8-9,11,14H2,1-2H3. The number of imidazole rings is 1. The van der Waals surface area contributed by atoms with E-state index >= 15 is 0 Å². The summed E-state index contributed by atoms with van der Waals surface area (Å²) >= 11 is 0. The van der Waals surface area contributed by atoms with Crippen LogP contribution in [0.2, 0.25) is 0 Å². The number of carbonyl (C=O) groups is 2. The SMILES string of the molecule is Cc1ccn(C2CCNCC2)c(=O)c1C(=O)N1CCCC(C(=O)c2nccn2C)C1. The van der Waals surface area contributed by atoms with E-state index in [4.69, 9.17) is 0 Å². The number of carbonyl (C=O) groups excluding carboxylic acids is 2. The number of ketones is 1. The van der Waals surface area contributed by atoms with Crippen molar-refractivity contribution in [1.29, 1.82) is 0 Å². The first kappa shape index (κ1) is 20.5. The molecule has 2 saturated heterocycles. The number of aryl methyl sites for hydroxylation is 2. The van der Waals surface area contributed by atoms with Crippen LogP contribution < -0.4 is 10.9 Å². The first-order valence-electron chi connectivity index (χ1n) is 10.7. The molecule has 8 nitrogen and oxygen atoms in total. The van der Waals surface area contributed by atoms with E-state index in [1.807, 2.05) is 19.2 Å². The zero-order valence-electron chi connectivity index (χ0n) is 17.6. The van der Waals surface area contributed by atoms with Gasteiger partial charge < -0.3 is 19.4 Å². The average Bonchev–Trinajstić information content (AvgIpc) is 3.19. The zero-order valence-corrected chi connectivity index (χ0v) is 17.6. The molecule has 0 spiro atoms. The van der Waals surface area contributed by atoms with E-state index in [0.717, 1.165) is 38.8 Å². The number of piperidine rings is 2. The first-order chi connectivity index (χ1) is 14.5. The lowest BCUT2D eigenvalue weighted by Gasteiger charge is -2.32. The van der Waals surface area contributed by atoms with Gasteiger partial charge in [0.15, 0.2) is 5.82 Å². The van der Waals surface area contributed by atoms with Crippen LogP contribution in [0.15, 0.2) is 29.5 Å². The molecule has 2 fully saturated rings. The summed E-state index contributed by atoms with van der Waals surface area (Å²) in [5, 5.41) is 3.31. The Morgan fingerprint density at radius 3 is 2.63 bits per heavy atom. The van der Waals surface area contributed by atoms with Crippen LogP contribution >= 0.6 is 0 Å². The molecule has 2 aliphatic rings. The minimum absolute atomic E-state index is 0.0445. The molecule has 0 bridgehead atoms. The summed E-state index contributed by atoms with van der Waals surface area (Å²) in [6.07, 6.45) is 8.38. The number of likely N-dealkylation sites (tertiary alicyclic amines) is 1. The van der Waals surface area contributed by atoms with E-state index in [1.165, 1.54) is 0 Å². The van der Waals surface area contributed by atoms with Gasteiger partial charge in [0, 0.05) is 50.7 Å². The second kappa shape index (κ2) is 8.55. The third kappa shape index (κ3) is 3.84. The van der Waals surface area contributed by atoms with Gasteiger partial charge in [-0.25, -0.2) is 4.98 Å². The fraction of sp³-hybridized carbons (Fsp3) is 0.545. The molecule has 160 valence electrons. The van der Waals surface area contributed by atoms with Gasteiger partial charge in [0.2, 0.25) is 5.78 Å². The van der Waals surface area contributed by atoms with Gasteiger partial charge >= 0.3 is 0 Å². The van der Waals surface area contributed by atoms with Gasteiger partial charge in [0.05, 0.1) is 0 Å². The molecule has 0 saturated carbocycles. The highest BCUT2D eigenvalue weighted by Crippen LogP contribution is 2.23. The van der Waals surface area contributed by atoms with E-state index in [1.54, 1.807) is 33.5 Å². The normalized spacial score (nSPS) is 20.3. The number of amides is 1. The van der Waals surface area contributed by atoms with E-state index < -0.39 is 0 Å². The number of nitrogens with one attached hydrogen (secondary N) is 1. The van der Waals surface area contributed by atoms with Crippen LogP contribution in [0.4, 0.5) is 0 Å². The Hall–Kier alpha value is -2.74. The van der Waals surface area contributed by atoms with Crippen molar-refractivity contribution in [1.82, 2.24) is 24.3 Å². The lowest BCUT2D eigenvalue weighted by molar-refractivity contribution is 0.0630. The van der Waals surface area contributed by atoms with Crippen molar-refractivity contribution < 1.29 is 9.59 Å². The Balaban J connectivity index is 1.57. The second-order valence-corrected chi connectivity index (χ2v) is 8.38. The van der Waals surface area contributed by atoms with Crippen molar-refractivity contribution in [3.05, 3.63) is 52.0 Å². The third-order valence-corrected chi connectivity index (χ3v) is 6.36. The molecule has 4 heterocycles. The summed E-state index contributed by atoms with van der Waals surface area (Å²) in [7, 11) is 1.79. The smallest absolute Gasteiger partial charge is 0.263 e. The summed E-state index contributed by atoms with van der Waals surface area (Å²) in [6, 6.07) is 1.97. The Bertz CT molecular complexity index is 1000. The number of hydrogen-bond donors (Lipinski definition) is 1. The lowest BCUT2D eigenvalue weighted by atomic mass is 9.92. The molecule has 2 aromatic rings. The van der Waals surface area contributed by atoms with Gasteiger partial charge in [-0.05, 0) is 57.3 Å². The molecule has 30 heavy (non-hydrogen) atoms. The Morgan fingerprint density at radius 1 is 1.17 bits per heavy atom. The molecule has 2 aliphatic heterocycles. The van der Waals surface area contributed by atoms with Crippen molar-refractivity contribution >= 4 is 11.7 Å². The molecule has 4 rings (SSSR count). The Morgan fingerprint density at radius 2 is 1.93 bits per heavy atom. The van der Waals surface area contributed by atoms with Gasteiger partial charge in [-0.3, -0.25) is 14.4 Å². The highest BCUT2D eigenvalue weighted by molar-refractivity contribution is 5.97. The van der Waals surface area contributed by atoms with Crippen LogP contribution in [0.25, 0.3) is 0 Å². The van der Waals surface area contributed by atoms with Crippen molar-refractivity contribution in [3.63, 3.8) is 0 Å². The predicted octanol–water partition coefficient (Wildman–Crippen LogP) is 1.55. The third-order valence-electron chi connectivity index (χ3n) is 6.36. The van der Waals surface area contributed by atoms with Gasteiger partial charge in [0.25, 0.3) is 11.5 Å². The molecule has 1 amide bonds. The van der Waals surface area contributed by atoms with Gasteiger partial charge in [-0.2, -0.15) is 0 Å². The van der Waals surface area contributed by atoms with Crippen LogP contribution in [-0.4, -0.2) is 56.9 Å². The fourth-order valence-electron chi connectivity index (χ4n) is 4.59. The number of aromatic nitrogens is 3. The summed E-state index contributed by atoms with van der Waals surface area (Å²) < 4.78 is 3.43. The van der Waals surface area contributed by atoms with Crippen molar-refractivity contribution in [2.45, 2.75) is 38.6 Å². The Kier molecular flexibility index (Phi) is 5.85. The van der Waals surface area contributed by atoms with E-state index in [9.17, 15) is 14.4 Å². The van der Waals surface area contributed by atoms with Crippen molar-refractivity contribution in [2.75, 3.05) is 26.2 Å². The van der Waals surface area contributed by atoms with Gasteiger partial charge in [-0.1, -0.05) is 0 Å². The largest absolute Gasteiger partial charge is 0.338 e. The zero-order chi connectivity index (χ0) is 21.3. The summed E-state index contributed by atoms with van der Waals surface area (Å²) in [4.78, 5) is 45.3. The van der Waals surface area contributed by atoms with Crippen LogP contribution in [0.5, 0.6) is 0 Å². The lowest BCUT2D eigenvalue weighted by Crippen LogP contribution is -2.45. The number of hydrogen-bond acceptors (Lipinski definition) is 5. The van der Waals surface area contributed by atoms with Crippen molar-refractivity contribution in [2.24, 2.45) is 13.0 Å². The van der Waals surface area contributed by atoms with Crippen LogP contribution in [0, 0.1) is 12.8 Å². The monoisotopic (exact) mass is 411 g/mol. The quantitative estimate of drug-likeness (QED) is 0.771. The van der Waals surface area contributed by atoms with Crippen molar-refractivity contribution in [3.8, 4) is 0 Å². The predicted molar refractivity (Wildman–Crippen MR) is 113 cm³/mol. The van der Waals surface area contributed by atoms with Gasteiger partial charge in [0.1, 0.15) is 5.56 Å². The second-order valence-electron chi connectivity index (χ2n) is 8.38. The molecule has 1 N–H and O–H groups in total. The summed E-state index contributed by atoms with van der Waals surface area (Å²) in [5.41, 5.74) is 0.707. The highest BCUT2D eigenvalue weighted by Gasteiger charge is 2.33. The molecule has 1 unspecified atom stereocenters. The Labute approximate surface area is 175 Å². The summed E-state index contributed by atoms with van der Waals surface area (Å²) in [6.45, 7) is 4.44. The number of Topliss-reactive ketones (excluding diaryl/α,β-unsaturated/α-hetero) is 1. The fourth-order valence-corrected chi connectivity index (χ4v) is 4.59. The van der Waals surface area contributed by atoms with Crippen LogP contribution in [-0.2, 0) is 7.05 Å². The number of nitrogens with zero attached hydrogens (tertiary/aromatic N) is 4. The maximum absolute atomic E-state index is 13.4. The average molecular weight is 412 g/mol. The molecule has 0 aromatic carbocycles. The number of rotatable bonds is 4. The molecular weight excluding hydrogens is 382 g/mol. The van der Waals surface area contributed by atoms with Gasteiger partial charge in [-0.15, -0.1) is 0 Å². The maximum atomic E-state index is 13.4.